The molecule has 1 aromatic rings. The maximum atomic E-state index is 12.5. The molecular weight excluding hydrogens is 310 g/mol. The summed E-state index contributed by atoms with van der Waals surface area (Å²) >= 11 is 0. The van der Waals surface area contributed by atoms with Crippen LogP contribution in [-0.4, -0.2) is 42.3 Å². The van der Waals surface area contributed by atoms with Crippen molar-refractivity contribution in [2.45, 2.75) is 52.2 Å². The normalized spacial score (nSPS) is 20.5. The summed E-state index contributed by atoms with van der Waals surface area (Å²) in [7, 11) is 0. The van der Waals surface area contributed by atoms with E-state index < -0.39 is 12.6 Å². The maximum absolute atomic E-state index is 12.5. The SMILES string of the molecule is CC[C@@H]1C[C@H](NC(=O)c2cc(C)c(OCC(=O)O)c(C)c2)CCO1. The molecule has 2 atom stereocenters. The summed E-state index contributed by atoms with van der Waals surface area (Å²) in [5.74, 6) is -0.626. The van der Waals surface area contributed by atoms with E-state index in [1.165, 1.54) is 0 Å². The zero-order chi connectivity index (χ0) is 17.7. The highest BCUT2D eigenvalue weighted by Gasteiger charge is 2.23. The van der Waals surface area contributed by atoms with Crippen molar-refractivity contribution in [2.24, 2.45) is 0 Å². The Hall–Kier alpha value is -2.08. The number of hydrogen-bond donors (Lipinski definition) is 2. The molecule has 0 aromatic heterocycles. The van der Waals surface area contributed by atoms with Gasteiger partial charge in [-0.3, -0.25) is 4.79 Å². The first kappa shape index (κ1) is 18.3. The van der Waals surface area contributed by atoms with Gasteiger partial charge in [0.1, 0.15) is 5.75 Å². The van der Waals surface area contributed by atoms with Crippen LogP contribution in [0, 0.1) is 13.8 Å². The van der Waals surface area contributed by atoms with E-state index in [4.69, 9.17) is 14.6 Å². The fourth-order valence-electron chi connectivity index (χ4n) is 3.01. The molecule has 1 fully saturated rings. The summed E-state index contributed by atoms with van der Waals surface area (Å²) in [4.78, 5) is 23.1. The monoisotopic (exact) mass is 335 g/mol. The number of aryl methyl sites for hydroxylation is 2. The molecule has 0 aliphatic carbocycles. The number of benzene rings is 1. The molecule has 1 aliphatic rings. The summed E-state index contributed by atoms with van der Waals surface area (Å²) in [6.07, 6.45) is 2.81. The minimum absolute atomic E-state index is 0.118. The number of carboxylic acids is 1. The summed E-state index contributed by atoms with van der Waals surface area (Å²) in [5.41, 5.74) is 2.06. The van der Waals surface area contributed by atoms with Gasteiger partial charge in [-0.1, -0.05) is 6.92 Å². The molecule has 2 N–H and O–H groups in total. The molecule has 6 nitrogen and oxygen atoms in total. The summed E-state index contributed by atoms with van der Waals surface area (Å²) in [5, 5.41) is 11.8. The summed E-state index contributed by atoms with van der Waals surface area (Å²) in [6, 6.07) is 3.59. The Bertz CT molecular complexity index is 590. The third-order valence-electron chi connectivity index (χ3n) is 4.22. The van der Waals surface area contributed by atoms with Gasteiger partial charge < -0.3 is 19.9 Å². The Morgan fingerprint density at radius 3 is 2.58 bits per heavy atom. The molecule has 1 amide bonds. The van der Waals surface area contributed by atoms with E-state index in [0.29, 0.717) is 17.9 Å². The number of carbonyl (C=O) groups excluding carboxylic acids is 1. The Morgan fingerprint density at radius 1 is 1.33 bits per heavy atom. The van der Waals surface area contributed by atoms with Crippen molar-refractivity contribution in [1.82, 2.24) is 5.32 Å². The molecule has 1 aliphatic heterocycles. The van der Waals surface area contributed by atoms with E-state index in [9.17, 15) is 9.59 Å². The molecule has 0 spiro atoms. The van der Waals surface area contributed by atoms with Crippen LogP contribution in [0.25, 0.3) is 0 Å². The second kappa shape index (κ2) is 8.15. The molecule has 2 rings (SSSR count). The van der Waals surface area contributed by atoms with Crippen molar-refractivity contribution in [3.8, 4) is 5.75 Å². The van der Waals surface area contributed by atoms with Crippen molar-refractivity contribution in [1.29, 1.82) is 0 Å². The number of rotatable bonds is 6. The van der Waals surface area contributed by atoms with Crippen LogP contribution in [0.4, 0.5) is 0 Å². The zero-order valence-electron chi connectivity index (χ0n) is 14.4. The Kier molecular flexibility index (Phi) is 6.20. The standard InChI is InChI=1S/C18H25NO5/c1-4-15-9-14(5-6-23-15)19-18(22)13-7-11(2)17(12(3)8-13)24-10-16(20)21/h7-8,14-15H,4-6,9-10H2,1-3H3,(H,19,22)(H,20,21)/t14-,15-/m1/s1. The van der Waals surface area contributed by atoms with Crippen LogP contribution in [0.1, 0.15) is 47.7 Å². The lowest BCUT2D eigenvalue weighted by molar-refractivity contribution is -0.139. The van der Waals surface area contributed by atoms with E-state index in [2.05, 4.69) is 12.2 Å². The Morgan fingerprint density at radius 2 is 2.00 bits per heavy atom. The predicted molar refractivity (Wildman–Crippen MR) is 89.6 cm³/mol. The average molecular weight is 335 g/mol. The molecule has 0 unspecified atom stereocenters. The van der Waals surface area contributed by atoms with Gasteiger partial charge in [-0.2, -0.15) is 0 Å². The molecule has 6 heteroatoms. The van der Waals surface area contributed by atoms with Crippen molar-refractivity contribution in [3.63, 3.8) is 0 Å². The Labute approximate surface area is 142 Å². The lowest BCUT2D eigenvalue weighted by Gasteiger charge is -2.29. The second-order valence-corrected chi connectivity index (χ2v) is 6.22. The first-order valence-electron chi connectivity index (χ1n) is 8.29. The van der Waals surface area contributed by atoms with Crippen LogP contribution < -0.4 is 10.1 Å². The van der Waals surface area contributed by atoms with E-state index in [0.717, 1.165) is 30.4 Å². The average Bonchev–Trinajstić information content (AvgIpc) is 2.53. The molecule has 24 heavy (non-hydrogen) atoms. The molecule has 0 bridgehead atoms. The molecule has 1 aromatic carbocycles. The van der Waals surface area contributed by atoms with E-state index in [-0.39, 0.29) is 18.1 Å². The smallest absolute Gasteiger partial charge is 0.341 e. The van der Waals surface area contributed by atoms with Crippen LogP contribution >= 0.6 is 0 Å². The fourth-order valence-corrected chi connectivity index (χ4v) is 3.01. The van der Waals surface area contributed by atoms with E-state index in [1.807, 2.05) is 13.8 Å². The lowest BCUT2D eigenvalue weighted by Crippen LogP contribution is -2.41. The quantitative estimate of drug-likeness (QED) is 0.834. The fraction of sp³-hybridized carbons (Fsp3) is 0.556. The van der Waals surface area contributed by atoms with Crippen molar-refractivity contribution >= 4 is 11.9 Å². The first-order chi connectivity index (χ1) is 11.4. The van der Waals surface area contributed by atoms with Crippen LogP contribution in [0.15, 0.2) is 12.1 Å². The van der Waals surface area contributed by atoms with Crippen LogP contribution in [0.2, 0.25) is 0 Å². The largest absolute Gasteiger partial charge is 0.481 e. The van der Waals surface area contributed by atoms with Gasteiger partial charge in [-0.25, -0.2) is 4.79 Å². The van der Waals surface area contributed by atoms with Gasteiger partial charge in [0.25, 0.3) is 5.91 Å². The van der Waals surface area contributed by atoms with Crippen molar-refractivity contribution < 1.29 is 24.2 Å². The van der Waals surface area contributed by atoms with Gasteiger partial charge in [0.15, 0.2) is 6.61 Å². The third kappa shape index (κ3) is 4.71. The van der Waals surface area contributed by atoms with Gasteiger partial charge in [-0.05, 0) is 56.4 Å². The zero-order valence-corrected chi connectivity index (χ0v) is 14.4. The number of hydrogen-bond acceptors (Lipinski definition) is 4. The molecule has 1 saturated heterocycles. The minimum Gasteiger partial charge on any atom is -0.481 e. The molecular formula is C18H25NO5. The highest BCUT2D eigenvalue weighted by Crippen LogP contribution is 2.25. The molecule has 0 radical (unpaired) electrons. The Balaban J connectivity index is 2.05. The van der Waals surface area contributed by atoms with E-state index in [1.54, 1.807) is 12.1 Å². The number of aliphatic carboxylic acids is 1. The van der Waals surface area contributed by atoms with Crippen LogP contribution in [0.5, 0.6) is 5.75 Å². The number of carbonyl (C=O) groups is 2. The number of amides is 1. The van der Waals surface area contributed by atoms with E-state index >= 15 is 0 Å². The van der Waals surface area contributed by atoms with Crippen molar-refractivity contribution in [2.75, 3.05) is 13.2 Å². The first-order valence-corrected chi connectivity index (χ1v) is 8.29. The van der Waals surface area contributed by atoms with Gasteiger partial charge in [0.05, 0.1) is 6.10 Å². The van der Waals surface area contributed by atoms with Gasteiger partial charge in [0.2, 0.25) is 0 Å². The summed E-state index contributed by atoms with van der Waals surface area (Å²) in [6.45, 7) is 5.97. The predicted octanol–water partition coefficient (Wildman–Crippen LogP) is 2.45. The molecule has 0 saturated carbocycles. The topological polar surface area (TPSA) is 84.9 Å². The maximum Gasteiger partial charge on any atom is 0.341 e. The minimum atomic E-state index is -1.03. The number of ether oxygens (including phenoxy) is 2. The molecule has 132 valence electrons. The third-order valence-corrected chi connectivity index (χ3v) is 4.22. The highest BCUT2D eigenvalue weighted by molar-refractivity contribution is 5.95. The van der Waals surface area contributed by atoms with Gasteiger partial charge in [0, 0.05) is 18.2 Å². The second-order valence-electron chi connectivity index (χ2n) is 6.22. The highest BCUT2D eigenvalue weighted by atomic mass is 16.5. The van der Waals surface area contributed by atoms with Gasteiger partial charge in [-0.15, -0.1) is 0 Å². The molecule has 1 heterocycles. The van der Waals surface area contributed by atoms with Crippen LogP contribution in [-0.2, 0) is 9.53 Å². The van der Waals surface area contributed by atoms with Gasteiger partial charge >= 0.3 is 5.97 Å². The van der Waals surface area contributed by atoms with Crippen molar-refractivity contribution in [3.05, 3.63) is 28.8 Å². The lowest BCUT2D eigenvalue weighted by atomic mass is 10.00. The van der Waals surface area contributed by atoms with Crippen LogP contribution in [0.3, 0.4) is 0 Å². The summed E-state index contributed by atoms with van der Waals surface area (Å²) < 4.78 is 10.9. The number of carboxylic acid groups (broad SMARTS) is 1. The number of nitrogens with one attached hydrogen (secondary N) is 1.